The first-order valence-electron chi connectivity index (χ1n) is 6.16. The highest BCUT2D eigenvalue weighted by atomic mass is 32.1. The third-order valence-electron chi connectivity index (χ3n) is 3.51. The van der Waals surface area contributed by atoms with Gasteiger partial charge in [0.15, 0.2) is 0 Å². The van der Waals surface area contributed by atoms with Gasteiger partial charge in [-0.1, -0.05) is 6.07 Å². The number of thiophene rings is 1. The number of thiol groups is 1. The van der Waals surface area contributed by atoms with E-state index in [9.17, 15) is 5.26 Å². The summed E-state index contributed by atoms with van der Waals surface area (Å²) in [5, 5.41) is 14.7. The molecule has 1 aromatic rings. The summed E-state index contributed by atoms with van der Waals surface area (Å²) in [6.07, 6.45) is 4.60. The van der Waals surface area contributed by atoms with Crippen LogP contribution in [-0.4, -0.2) is 5.37 Å². The van der Waals surface area contributed by atoms with Crippen LogP contribution < -0.4 is 5.32 Å². The predicted molar refractivity (Wildman–Crippen MR) is 78.3 cm³/mol. The average Bonchev–Trinajstić information content (AvgIpc) is 2.90. The van der Waals surface area contributed by atoms with Crippen molar-refractivity contribution < 1.29 is 0 Å². The minimum absolute atomic E-state index is 0.163. The molecule has 3 rings (SSSR count). The van der Waals surface area contributed by atoms with E-state index in [4.69, 9.17) is 0 Å². The van der Waals surface area contributed by atoms with E-state index in [-0.39, 0.29) is 5.37 Å². The van der Waals surface area contributed by atoms with Gasteiger partial charge in [0.05, 0.1) is 11.6 Å². The largest absolute Gasteiger partial charge is 0.372 e. The topological polar surface area (TPSA) is 35.8 Å². The summed E-state index contributed by atoms with van der Waals surface area (Å²) in [5.41, 5.74) is 4.54. The molecule has 0 saturated carbocycles. The molecule has 0 saturated heterocycles. The molecule has 1 aromatic heterocycles. The quantitative estimate of drug-likeness (QED) is 0.766. The summed E-state index contributed by atoms with van der Waals surface area (Å²) in [6, 6.07) is 6.48. The molecule has 0 spiro atoms. The van der Waals surface area contributed by atoms with Crippen LogP contribution in [0.4, 0.5) is 0 Å². The molecule has 2 nitrogen and oxygen atoms in total. The highest BCUT2D eigenvalue weighted by Crippen LogP contribution is 2.41. The van der Waals surface area contributed by atoms with Crippen molar-refractivity contribution >= 4 is 29.5 Å². The molecule has 0 amide bonds. The van der Waals surface area contributed by atoms with Gasteiger partial charge < -0.3 is 5.32 Å². The molecule has 1 N–H and O–H groups in total. The van der Waals surface area contributed by atoms with Gasteiger partial charge in [-0.2, -0.15) is 5.26 Å². The highest BCUT2D eigenvalue weighted by molar-refractivity contribution is 7.81. The highest BCUT2D eigenvalue weighted by Gasteiger charge is 2.29. The van der Waals surface area contributed by atoms with E-state index in [1.807, 2.05) is 6.07 Å². The number of dihydropyridines is 1. The van der Waals surface area contributed by atoms with Crippen LogP contribution in [-0.2, 0) is 0 Å². The first-order chi connectivity index (χ1) is 8.81. The standard InChI is InChI=1S/C14H14N2S2/c15-8-10-13(12-6-3-7-18-12)9-4-1-2-5-11(9)16-14(10)17/h3,6-7,14,16-17H,1-2,4-5H2. The fraction of sp³-hybridized carbons (Fsp3) is 0.357. The Morgan fingerprint density at radius 1 is 1.39 bits per heavy atom. The lowest BCUT2D eigenvalue weighted by molar-refractivity contribution is 0.622. The molecule has 1 aliphatic heterocycles. The van der Waals surface area contributed by atoms with Gasteiger partial charge in [-0.3, -0.25) is 0 Å². The molecule has 0 aromatic carbocycles. The second kappa shape index (κ2) is 4.83. The van der Waals surface area contributed by atoms with Gasteiger partial charge in [-0.15, -0.1) is 24.0 Å². The first kappa shape index (κ1) is 11.9. The first-order valence-corrected chi connectivity index (χ1v) is 7.56. The van der Waals surface area contributed by atoms with Crippen molar-refractivity contribution in [1.29, 1.82) is 5.26 Å². The van der Waals surface area contributed by atoms with E-state index in [0.717, 1.165) is 24.0 Å². The van der Waals surface area contributed by atoms with E-state index in [1.54, 1.807) is 11.3 Å². The number of allylic oxidation sites excluding steroid dienone is 3. The maximum absolute atomic E-state index is 9.41. The fourth-order valence-electron chi connectivity index (χ4n) is 2.70. The van der Waals surface area contributed by atoms with Crippen molar-refractivity contribution in [3.05, 3.63) is 39.2 Å². The molecule has 0 radical (unpaired) electrons. The Morgan fingerprint density at radius 2 is 2.22 bits per heavy atom. The summed E-state index contributed by atoms with van der Waals surface area (Å²) < 4.78 is 0. The molecule has 0 bridgehead atoms. The summed E-state index contributed by atoms with van der Waals surface area (Å²) in [6.45, 7) is 0. The van der Waals surface area contributed by atoms with E-state index in [0.29, 0.717) is 0 Å². The molecule has 0 fully saturated rings. The van der Waals surface area contributed by atoms with Crippen LogP contribution in [0.2, 0.25) is 0 Å². The second-order valence-corrected chi connectivity index (χ2v) is 6.05. The Morgan fingerprint density at radius 3 is 2.94 bits per heavy atom. The maximum atomic E-state index is 9.41. The van der Waals surface area contributed by atoms with Gasteiger partial charge in [0.25, 0.3) is 0 Å². The molecule has 18 heavy (non-hydrogen) atoms. The van der Waals surface area contributed by atoms with Crippen molar-refractivity contribution in [3.8, 4) is 6.07 Å². The van der Waals surface area contributed by atoms with Gasteiger partial charge >= 0.3 is 0 Å². The Kier molecular flexibility index (Phi) is 3.19. The van der Waals surface area contributed by atoms with Crippen LogP contribution in [0.3, 0.4) is 0 Å². The van der Waals surface area contributed by atoms with Crippen LogP contribution in [0.1, 0.15) is 30.6 Å². The Bertz CT molecular complexity index is 561. The lowest BCUT2D eigenvalue weighted by Crippen LogP contribution is -2.32. The van der Waals surface area contributed by atoms with Gasteiger partial charge in [0.1, 0.15) is 5.37 Å². The third-order valence-corrected chi connectivity index (χ3v) is 4.79. The Labute approximate surface area is 116 Å². The number of nitriles is 1. The zero-order valence-corrected chi connectivity index (χ0v) is 11.7. The Hall–Kier alpha value is -1.18. The summed E-state index contributed by atoms with van der Waals surface area (Å²) in [5.74, 6) is 0. The maximum Gasteiger partial charge on any atom is 0.106 e. The molecule has 92 valence electrons. The molecule has 1 aliphatic carbocycles. The van der Waals surface area contributed by atoms with Crippen molar-refractivity contribution in [2.75, 3.05) is 0 Å². The summed E-state index contributed by atoms with van der Waals surface area (Å²) in [7, 11) is 0. The second-order valence-electron chi connectivity index (χ2n) is 4.59. The van der Waals surface area contributed by atoms with Crippen molar-refractivity contribution in [1.82, 2.24) is 5.32 Å². The smallest absolute Gasteiger partial charge is 0.106 e. The molecule has 2 aliphatic rings. The van der Waals surface area contributed by atoms with E-state index >= 15 is 0 Å². The molecule has 1 atom stereocenters. The third kappa shape index (κ3) is 1.88. The zero-order chi connectivity index (χ0) is 12.5. The summed E-state index contributed by atoms with van der Waals surface area (Å²) >= 11 is 6.22. The van der Waals surface area contributed by atoms with E-state index < -0.39 is 0 Å². The summed E-state index contributed by atoms with van der Waals surface area (Å²) in [4.78, 5) is 1.20. The number of nitrogens with one attached hydrogen (secondary N) is 1. The van der Waals surface area contributed by atoms with Crippen molar-refractivity contribution in [2.45, 2.75) is 31.1 Å². The molecule has 2 heterocycles. The molecule has 4 heteroatoms. The van der Waals surface area contributed by atoms with Crippen LogP contribution in [0.15, 0.2) is 34.4 Å². The Balaban J connectivity index is 2.19. The van der Waals surface area contributed by atoms with Crippen LogP contribution >= 0.6 is 24.0 Å². The zero-order valence-electron chi connectivity index (χ0n) is 9.94. The number of hydrogen-bond donors (Lipinski definition) is 2. The van der Waals surface area contributed by atoms with Crippen molar-refractivity contribution in [3.63, 3.8) is 0 Å². The number of nitrogens with zero attached hydrogens (tertiary/aromatic N) is 1. The van der Waals surface area contributed by atoms with Crippen LogP contribution in [0, 0.1) is 11.3 Å². The predicted octanol–water partition coefficient (Wildman–Crippen LogP) is 3.71. The van der Waals surface area contributed by atoms with Gasteiger partial charge in [-0.25, -0.2) is 0 Å². The van der Waals surface area contributed by atoms with Gasteiger partial charge in [0.2, 0.25) is 0 Å². The average molecular weight is 274 g/mol. The molecular weight excluding hydrogens is 260 g/mol. The normalized spacial score (nSPS) is 23.4. The van der Waals surface area contributed by atoms with Gasteiger partial charge in [0, 0.05) is 16.1 Å². The minimum atomic E-state index is -0.163. The molecule has 1 unspecified atom stereocenters. The molecular formula is C14H14N2S2. The fourth-order valence-corrected chi connectivity index (χ4v) is 3.85. The SMILES string of the molecule is N#CC1=C(c2cccs2)C2=C(CCCC2)NC1S. The number of hydrogen-bond acceptors (Lipinski definition) is 4. The van der Waals surface area contributed by atoms with Gasteiger partial charge in [-0.05, 0) is 42.7 Å². The van der Waals surface area contributed by atoms with Crippen LogP contribution in [0.25, 0.3) is 5.57 Å². The minimum Gasteiger partial charge on any atom is -0.372 e. The van der Waals surface area contributed by atoms with E-state index in [1.165, 1.54) is 29.0 Å². The van der Waals surface area contributed by atoms with Crippen LogP contribution in [0.5, 0.6) is 0 Å². The monoisotopic (exact) mass is 274 g/mol. The van der Waals surface area contributed by atoms with Crippen molar-refractivity contribution in [2.24, 2.45) is 0 Å². The number of rotatable bonds is 1. The lowest BCUT2D eigenvalue weighted by atomic mass is 9.85. The lowest BCUT2D eigenvalue weighted by Gasteiger charge is -2.31. The van der Waals surface area contributed by atoms with E-state index in [2.05, 4.69) is 35.5 Å².